The smallest absolute Gasteiger partial charge is 0.407 e. The number of nitro groups is 1. The maximum atomic E-state index is 13.6. The van der Waals surface area contributed by atoms with Gasteiger partial charge in [0.25, 0.3) is 5.69 Å². The van der Waals surface area contributed by atoms with Crippen LogP contribution in [0.1, 0.15) is 45.9 Å². The standard InChI is InChI=1S/C31H40N4O8S/c1-22(2)19-34(44(40,41)27-11-8-10-25(18-27)35(38)39)20-29(36)28(33-30(37)43-31(3,4)5)17-23-12-14-26(15-13-23)42-21-24-9-6-7-16-32-24/h6-16,18,22,28-29,36H,17,19-21H2,1-5H3,(H,33,37). The fraction of sp³-hybridized carbons (Fsp3) is 0.419. The quantitative estimate of drug-likeness (QED) is 0.190. The summed E-state index contributed by atoms with van der Waals surface area (Å²) in [6.07, 6.45) is -0.307. The lowest BCUT2D eigenvalue weighted by Gasteiger charge is -2.31. The highest BCUT2D eigenvalue weighted by atomic mass is 32.2. The van der Waals surface area contributed by atoms with Crippen LogP contribution in [0.15, 0.2) is 77.8 Å². The predicted octanol–water partition coefficient (Wildman–Crippen LogP) is 4.71. The van der Waals surface area contributed by atoms with Gasteiger partial charge in [0, 0.05) is 31.4 Å². The lowest BCUT2D eigenvalue weighted by molar-refractivity contribution is -0.385. The Kier molecular flexibility index (Phi) is 11.8. The highest BCUT2D eigenvalue weighted by molar-refractivity contribution is 7.89. The van der Waals surface area contributed by atoms with E-state index in [1.807, 2.05) is 32.0 Å². The number of carbonyl (C=O) groups is 1. The van der Waals surface area contributed by atoms with E-state index in [2.05, 4.69) is 10.3 Å². The molecule has 2 aromatic carbocycles. The van der Waals surface area contributed by atoms with Crippen LogP contribution < -0.4 is 10.1 Å². The van der Waals surface area contributed by atoms with Gasteiger partial charge >= 0.3 is 6.09 Å². The van der Waals surface area contributed by atoms with Crippen LogP contribution in [0.5, 0.6) is 5.75 Å². The van der Waals surface area contributed by atoms with Crippen LogP contribution in [0.2, 0.25) is 0 Å². The van der Waals surface area contributed by atoms with E-state index in [0.29, 0.717) is 5.75 Å². The number of carbonyl (C=O) groups excluding carboxylic acids is 1. The number of aliphatic hydroxyl groups is 1. The first-order valence-electron chi connectivity index (χ1n) is 14.2. The van der Waals surface area contributed by atoms with Gasteiger partial charge in [-0.15, -0.1) is 0 Å². The first kappa shape index (κ1) is 34.4. The first-order valence-corrected chi connectivity index (χ1v) is 15.6. The number of aromatic nitrogens is 1. The van der Waals surface area contributed by atoms with Gasteiger partial charge in [-0.1, -0.05) is 38.1 Å². The minimum Gasteiger partial charge on any atom is -0.487 e. The molecule has 12 nitrogen and oxygen atoms in total. The van der Waals surface area contributed by atoms with E-state index in [1.54, 1.807) is 51.2 Å². The molecule has 44 heavy (non-hydrogen) atoms. The number of amides is 1. The molecule has 0 radical (unpaired) electrons. The normalized spacial score (nSPS) is 13.4. The summed E-state index contributed by atoms with van der Waals surface area (Å²) in [6.45, 7) is 8.69. The van der Waals surface area contributed by atoms with Crippen LogP contribution in [-0.2, 0) is 27.8 Å². The zero-order valence-electron chi connectivity index (χ0n) is 25.5. The van der Waals surface area contributed by atoms with E-state index in [9.17, 15) is 28.4 Å². The van der Waals surface area contributed by atoms with Gasteiger partial charge in [0.05, 0.1) is 27.7 Å². The number of nitrogens with zero attached hydrogens (tertiary/aromatic N) is 3. The minimum atomic E-state index is -4.24. The van der Waals surface area contributed by atoms with Gasteiger partial charge in [0.2, 0.25) is 10.0 Å². The third kappa shape index (κ3) is 10.6. The van der Waals surface area contributed by atoms with Gasteiger partial charge in [-0.2, -0.15) is 4.31 Å². The zero-order chi connectivity index (χ0) is 32.5. The predicted molar refractivity (Wildman–Crippen MR) is 165 cm³/mol. The molecule has 2 atom stereocenters. The molecule has 1 amide bonds. The second-order valence-corrected chi connectivity index (χ2v) is 13.7. The molecule has 3 aromatic rings. The first-order chi connectivity index (χ1) is 20.6. The SMILES string of the molecule is CC(C)CN(CC(O)C(Cc1ccc(OCc2ccccn2)cc1)NC(=O)OC(C)(C)C)S(=O)(=O)c1cccc([N+](=O)[O-])c1. The average molecular weight is 629 g/mol. The van der Waals surface area contributed by atoms with Crippen LogP contribution in [0.3, 0.4) is 0 Å². The molecule has 238 valence electrons. The molecule has 0 bridgehead atoms. The van der Waals surface area contributed by atoms with Crippen molar-refractivity contribution < 1.29 is 32.7 Å². The zero-order valence-corrected chi connectivity index (χ0v) is 26.4. The van der Waals surface area contributed by atoms with Crippen molar-refractivity contribution in [3.63, 3.8) is 0 Å². The summed E-state index contributed by atoms with van der Waals surface area (Å²) in [7, 11) is -4.24. The Balaban J connectivity index is 1.83. The number of hydrogen-bond acceptors (Lipinski definition) is 9. The third-order valence-electron chi connectivity index (χ3n) is 6.28. The molecule has 3 rings (SSSR count). The van der Waals surface area contributed by atoms with Gasteiger partial charge in [0.1, 0.15) is 18.0 Å². The molecular formula is C31H40N4O8S. The van der Waals surface area contributed by atoms with Crippen molar-refractivity contribution in [3.05, 3.63) is 94.3 Å². The molecule has 1 aromatic heterocycles. The Morgan fingerprint density at radius 1 is 1.07 bits per heavy atom. The lowest BCUT2D eigenvalue weighted by Crippen LogP contribution is -2.51. The Hall–Kier alpha value is -4.07. The number of rotatable bonds is 14. The van der Waals surface area contributed by atoms with Crippen molar-refractivity contribution >= 4 is 21.8 Å². The molecule has 2 N–H and O–H groups in total. The highest BCUT2D eigenvalue weighted by Gasteiger charge is 2.33. The molecule has 2 unspecified atom stereocenters. The highest BCUT2D eigenvalue weighted by Crippen LogP contribution is 2.23. The molecule has 0 aliphatic carbocycles. The summed E-state index contributed by atoms with van der Waals surface area (Å²) in [4.78, 5) is 27.3. The van der Waals surface area contributed by atoms with Crippen molar-refractivity contribution in [2.24, 2.45) is 5.92 Å². The second-order valence-electron chi connectivity index (χ2n) is 11.7. The molecular weight excluding hydrogens is 588 g/mol. The summed E-state index contributed by atoms with van der Waals surface area (Å²) in [5, 5.41) is 25.4. The molecule has 0 spiro atoms. The summed E-state index contributed by atoms with van der Waals surface area (Å²) in [5.74, 6) is 0.467. The van der Waals surface area contributed by atoms with Gasteiger partial charge in [-0.3, -0.25) is 15.1 Å². The largest absolute Gasteiger partial charge is 0.487 e. The Morgan fingerprint density at radius 2 is 1.77 bits per heavy atom. The van der Waals surface area contributed by atoms with Crippen molar-refractivity contribution in [1.82, 2.24) is 14.6 Å². The topological polar surface area (TPSA) is 161 Å². The van der Waals surface area contributed by atoms with Crippen molar-refractivity contribution in [2.75, 3.05) is 13.1 Å². The molecule has 1 heterocycles. The van der Waals surface area contributed by atoms with E-state index >= 15 is 0 Å². The fourth-order valence-electron chi connectivity index (χ4n) is 4.28. The number of hydrogen-bond donors (Lipinski definition) is 2. The van der Waals surface area contributed by atoms with E-state index in [4.69, 9.17) is 9.47 Å². The molecule has 0 saturated heterocycles. The van der Waals surface area contributed by atoms with Crippen LogP contribution in [-0.4, -0.2) is 64.7 Å². The van der Waals surface area contributed by atoms with Crippen molar-refractivity contribution in [1.29, 1.82) is 0 Å². The lowest BCUT2D eigenvalue weighted by atomic mass is 10.0. The summed E-state index contributed by atoms with van der Waals surface area (Å²) in [6, 6.07) is 16.5. The Labute approximate surface area is 258 Å². The van der Waals surface area contributed by atoms with E-state index in [-0.39, 0.29) is 42.6 Å². The number of nitrogens with one attached hydrogen (secondary N) is 1. The van der Waals surface area contributed by atoms with E-state index < -0.39 is 38.8 Å². The van der Waals surface area contributed by atoms with Crippen LogP contribution in [0.4, 0.5) is 10.5 Å². The number of aliphatic hydroxyl groups excluding tert-OH is 1. The minimum absolute atomic E-state index is 0.0313. The number of sulfonamides is 1. The molecule has 0 fully saturated rings. The maximum absolute atomic E-state index is 13.6. The number of nitro benzene ring substituents is 1. The third-order valence-corrected chi connectivity index (χ3v) is 8.11. The molecule has 13 heteroatoms. The Morgan fingerprint density at radius 3 is 2.36 bits per heavy atom. The molecule has 0 aliphatic rings. The van der Waals surface area contributed by atoms with Crippen LogP contribution >= 0.6 is 0 Å². The number of benzene rings is 2. The van der Waals surface area contributed by atoms with Crippen molar-refractivity contribution in [3.8, 4) is 5.75 Å². The summed E-state index contributed by atoms with van der Waals surface area (Å²) in [5.41, 5.74) is 0.342. The molecule has 0 aliphatic heterocycles. The summed E-state index contributed by atoms with van der Waals surface area (Å²) < 4.78 is 39.5. The average Bonchev–Trinajstić information content (AvgIpc) is 2.95. The second kappa shape index (κ2) is 15.1. The van der Waals surface area contributed by atoms with Gasteiger partial charge in [0.15, 0.2) is 0 Å². The van der Waals surface area contributed by atoms with E-state index in [1.165, 1.54) is 18.2 Å². The number of alkyl carbamates (subject to hydrolysis) is 1. The van der Waals surface area contributed by atoms with Gasteiger partial charge < -0.3 is 19.9 Å². The Bertz CT molecular complexity index is 1490. The van der Waals surface area contributed by atoms with Crippen LogP contribution in [0, 0.1) is 16.0 Å². The fourth-order valence-corrected chi connectivity index (χ4v) is 5.94. The monoisotopic (exact) mass is 628 g/mol. The van der Waals surface area contributed by atoms with E-state index in [0.717, 1.165) is 21.6 Å². The van der Waals surface area contributed by atoms with Gasteiger partial charge in [-0.05, 0) is 69.0 Å². The maximum Gasteiger partial charge on any atom is 0.407 e. The number of pyridine rings is 1. The van der Waals surface area contributed by atoms with Crippen molar-refractivity contribution in [2.45, 2.75) is 70.3 Å². The molecule has 0 saturated carbocycles. The summed E-state index contributed by atoms with van der Waals surface area (Å²) >= 11 is 0. The van der Waals surface area contributed by atoms with Crippen LogP contribution in [0.25, 0.3) is 0 Å². The van der Waals surface area contributed by atoms with Gasteiger partial charge in [-0.25, -0.2) is 13.2 Å². The number of ether oxygens (including phenoxy) is 2. The number of non-ortho nitro benzene ring substituents is 1.